The van der Waals surface area contributed by atoms with E-state index in [-0.39, 0.29) is 29.2 Å². The second kappa shape index (κ2) is 7.19. The number of anilines is 2. The molecular formula is C25H26N4O5. The Labute approximate surface area is 196 Å². The first-order chi connectivity index (χ1) is 16.3. The van der Waals surface area contributed by atoms with Gasteiger partial charge in [0, 0.05) is 28.9 Å². The van der Waals surface area contributed by atoms with Crippen LogP contribution in [0, 0.1) is 24.0 Å². The molecule has 6 rings (SSSR count). The van der Waals surface area contributed by atoms with Gasteiger partial charge in [0.2, 0.25) is 17.7 Å². The van der Waals surface area contributed by atoms with Gasteiger partial charge in [0.15, 0.2) is 5.69 Å². The molecule has 9 nitrogen and oxygen atoms in total. The van der Waals surface area contributed by atoms with E-state index in [9.17, 15) is 24.8 Å². The van der Waals surface area contributed by atoms with E-state index in [0.29, 0.717) is 17.8 Å². The van der Waals surface area contributed by atoms with Crippen LogP contribution in [0.4, 0.5) is 17.1 Å². The van der Waals surface area contributed by atoms with Crippen LogP contribution in [0.5, 0.6) is 0 Å². The summed E-state index contributed by atoms with van der Waals surface area (Å²) in [5, 5.41) is 23.1. The van der Waals surface area contributed by atoms with Crippen molar-refractivity contribution in [3.05, 3.63) is 58.3 Å². The molecule has 9 heteroatoms. The predicted molar refractivity (Wildman–Crippen MR) is 122 cm³/mol. The van der Waals surface area contributed by atoms with E-state index in [4.69, 9.17) is 0 Å². The molecule has 4 aliphatic heterocycles. The van der Waals surface area contributed by atoms with Crippen LogP contribution in [0.15, 0.2) is 36.4 Å². The van der Waals surface area contributed by atoms with Crippen molar-refractivity contribution < 1.29 is 24.8 Å². The molecule has 3 amide bonds. The molecule has 2 aromatic rings. The van der Waals surface area contributed by atoms with Crippen molar-refractivity contribution in [2.75, 3.05) is 16.8 Å². The molecule has 3 fully saturated rings. The van der Waals surface area contributed by atoms with Crippen LogP contribution in [0.1, 0.15) is 36.5 Å². The first-order valence-electron chi connectivity index (χ1n) is 11.7. The number of fused-ring (bicyclic) bond motifs is 7. The first kappa shape index (κ1) is 21.4. The third-order valence-corrected chi connectivity index (χ3v) is 8.17. The first-order valence-corrected chi connectivity index (χ1v) is 11.7. The highest BCUT2D eigenvalue weighted by Gasteiger charge is 2.74. The van der Waals surface area contributed by atoms with Crippen molar-refractivity contribution in [3.63, 3.8) is 0 Å². The standard InChI is InChI=1S/C25H26N4O5/c1-3-14-7-9-17-16(11-14)25(24(32)26-17)21-20(18-5-4-10-27(18)25)22(30)28(23(21)31)15-8-6-13(2)19(12-15)29(33)34/h6-9,11-12,18,20-21,29,33H,3-5,10H2,1-2H3,(H,26,32)/t18-,20-,21-,25+/m1/s1. The molecule has 3 saturated heterocycles. The number of imide groups is 1. The number of hydrogen-bond acceptors (Lipinski definition) is 6. The molecule has 2 aromatic carbocycles. The number of carbonyl (C=O) groups excluding carboxylic acids is 3. The molecule has 0 aliphatic carbocycles. The van der Waals surface area contributed by atoms with Crippen molar-refractivity contribution in [1.82, 2.24) is 4.90 Å². The number of rotatable bonds is 3. The van der Waals surface area contributed by atoms with Crippen LogP contribution in [0.25, 0.3) is 0 Å². The number of nitrogens with one attached hydrogen (secondary N) is 2. The van der Waals surface area contributed by atoms with E-state index in [0.717, 1.165) is 35.3 Å². The van der Waals surface area contributed by atoms with Crippen molar-refractivity contribution in [2.24, 2.45) is 11.8 Å². The number of aryl methyl sites for hydroxylation is 2. The molecule has 1 unspecified atom stereocenters. The van der Waals surface area contributed by atoms with Gasteiger partial charge in [0.1, 0.15) is 5.54 Å². The predicted octanol–water partition coefficient (Wildman–Crippen LogP) is 1.39. The van der Waals surface area contributed by atoms with Gasteiger partial charge in [-0.25, -0.2) is 10.1 Å². The number of benzene rings is 2. The van der Waals surface area contributed by atoms with E-state index in [2.05, 4.69) is 10.2 Å². The molecule has 1 spiro atoms. The molecule has 0 bridgehead atoms. The van der Waals surface area contributed by atoms with E-state index < -0.39 is 28.5 Å². The SMILES string of the molecule is CCc1ccc2c(c1)[C@@]1(C(=O)N2)[C@H]2C(=O)N(c3ccc(C)c([NH+]([O-])O)c3)C(=O)[C@@H]2[C@H]2CCCN21. The van der Waals surface area contributed by atoms with Crippen LogP contribution in [-0.2, 0) is 26.3 Å². The van der Waals surface area contributed by atoms with E-state index in [1.807, 2.05) is 25.1 Å². The summed E-state index contributed by atoms with van der Waals surface area (Å²) >= 11 is 0. The number of hydrogen-bond donors (Lipinski definition) is 3. The lowest BCUT2D eigenvalue weighted by atomic mass is 9.75. The largest absolute Gasteiger partial charge is 0.595 e. The monoisotopic (exact) mass is 462 g/mol. The highest BCUT2D eigenvalue weighted by molar-refractivity contribution is 6.26. The average molecular weight is 463 g/mol. The molecule has 4 heterocycles. The molecule has 176 valence electrons. The van der Waals surface area contributed by atoms with Gasteiger partial charge in [-0.15, -0.1) is 0 Å². The topological polar surface area (TPSA) is 117 Å². The zero-order chi connectivity index (χ0) is 23.9. The Kier molecular flexibility index (Phi) is 4.53. The Morgan fingerprint density at radius 1 is 1.18 bits per heavy atom. The molecule has 34 heavy (non-hydrogen) atoms. The Bertz CT molecular complexity index is 1260. The average Bonchev–Trinajstić information content (AvgIpc) is 3.52. The van der Waals surface area contributed by atoms with Gasteiger partial charge in [0.05, 0.1) is 17.5 Å². The van der Waals surface area contributed by atoms with Crippen molar-refractivity contribution >= 4 is 34.8 Å². The van der Waals surface area contributed by atoms with Gasteiger partial charge >= 0.3 is 0 Å². The van der Waals surface area contributed by atoms with E-state index in [1.165, 1.54) is 6.07 Å². The van der Waals surface area contributed by atoms with Crippen LogP contribution >= 0.6 is 0 Å². The third kappa shape index (κ3) is 2.50. The second-order valence-corrected chi connectivity index (χ2v) is 9.68. The minimum absolute atomic E-state index is 0.0453. The van der Waals surface area contributed by atoms with Gasteiger partial charge in [-0.1, -0.05) is 25.1 Å². The summed E-state index contributed by atoms with van der Waals surface area (Å²) in [6, 6.07) is 10.2. The van der Waals surface area contributed by atoms with Crippen LogP contribution in [-0.4, -0.2) is 40.4 Å². The molecule has 0 aromatic heterocycles. The van der Waals surface area contributed by atoms with Crippen LogP contribution < -0.4 is 15.4 Å². The van der Waals surface area contributed by atoms with Gasteiger partial charge in [-0.05, 0) is 50.4 Å². The zero-order valence-electron chi connectivity index (χ0n) is 19.0. The maximum absolute atomic E-state index is 14.0. The summed E-state index contributed by atoms with van der Waals surface area (Å²) in [6.07, 6.45) is 2.37. The van der Waals surface area contributed by atoms with Crippen molar-refractivity contribution in [2.45, 2.75) is 44.7 Å². The quantitative estimate of drug-likeness (QED) is 0.469. The van der Waals surface area contributed by atoms with Crippen molar-refractivity contribution in [1.29, 1.82) is 0 Å². The summed E-state index contributed by atoms with van der Waals surface area (Å²) < 4.78 is 0. The van der Waals surface area contributed by atoms with Crippen LogP contribution in [0.2, 0.25) is 0 Å². The molecule has 3 N–H and O–H groups in total. The molecular weight excluding hydrogens is 436 g/mol. The van der Waals surface area contributed by atoms with Crippen LogP contribution in [0.3, 0.4) is 0 Å². The molecule has 4 aliphatic rings. The van der Waals surface area contributed by atoms with Gasteiger partial charge in [-0.3, -0.25) is 19.3 Å². The number of nitrogens with zero attached hydrogens (tertiary/aromatic N) is 2. The smallest absolute Gasteiger partial charge is 0.250 e. The molecule has 0 radical (unpaired) electrons. The number of carbonyl (C=O) groups is 3. The minimum atomic E-state index is -1.23. The highest BCUT2D eigenvalue weighted by Crippen LogP contribution is 2.60. The summed E-state index contributed by atoms with van der Waals surface area (Å²) in [5.41, 5.74) is 2.13. The maximum atomic E-state index is 14.0. The third-order valence-electron chi connectivity index (χ3n) is 8.17. The van der Waals surface area contributed by atoms with Crippen molar-refractivity contribution in [3.8, 4) is 0 Å². The Morgan fingerprint density at radius 3 is 2.71 bits per heavy atom. The second-order valence-electron chi connectivity index (χ2n) is 9.68. The lowest BCUT2D eigenvalue weighted by Crippen LogP contribution is -2.99. The summed E-state index contributed by atoms with van der Waals surface area (Å²) in [4.78, 5) is 44.7. The van der Waals surface area contributed by atoms with Gasteiger partial charge < -0.3 is 10.5 Å². The Balaban J connectivity index is 1.53. The molecule has 0 saturated carbocycles. The van der Waals surface area contributed by atoms with Gasteiger partial charge in [0.25, 0.3) is 0 Å². The summed E-state index contributed by atoms with van der Waals surface area (Å²) in [5.74, 6) is -2.54. The Hall–Kier alpha value is -3.11. The Morgan fingerprint density at radius 2 is 1.97 bits per heavy atom. The normalized spacial score (nSPS) is 30.6. The fraction of sp³-hybridized carbons (Fsp3) is 0.400. The fourth-order valence-corrected chi connectivity index (χ4v) is 6.70. The molecule has 5 atom stereocenters. The van der Waals surface area contributed by atoms with Gasteiger partial charge in [-0.2, -0.15) is 5.23 Å². The number of amides is 3. The highest BCUT2D eigenvalue weighted by atomic mass is 16.8. The number of quaternary nitrogens is 1. The summed E-state index contributed by atoms with van der Waals surface area (Å²) in [7, 11) is 0. The van der Waals surface area contributed by atoms with E-state index in [1.54, 1.807) is 19.1 Å². The summed E-state index contributed by atoms with van der Waals surface area (Å²) in [6.45, 7) is 4.36. The lowest BCUT2D eigenvalue weighted by molar-refractivity contribution is -0.991. The van der Waals surface area contributed by atoms with E-state index >= 15 is 0 Å². The zero-order valence-corrected chi connectivity index (χ0v) is 19.0. The maximum Gasteiger partial charge on any atom is 0.250 e. The minimum Gasteiger partial charge on any atom is -0.595 e. The fourth-order valence-electron chi connectivity index (χ4n) is 6.70. The lowest BCUT2D eigenvalue weighted by Gasteiger charge is -2.36.